The van der Waals surface area contributed by atoms with E-state index in [0.29, 0.717) is 32.1 Å². The van der Waals surface area contributed by atoms with Crippen LogP contribution in [0.1, 0.15) is 136 Å². The molecule has 0 aromatic rings. The van der Waals surface area contributed by atoms with E-state index in [1.807, 2.05) is 0 Å². The highest BCUT2D eigenvalue weighted by Crippen LogP contribution is 2.43. The molecule has 1 aliphatic rings. The molecule has 0 radical (unpaired) electrons. The SMILES string of the molecule is CC/C=C\C/C=C\C/C=C\C/C=C\CCCCC(=O)OC[C@H](COP(=O)(O)OCCN)OC(=O)CCCCCC[C@H]1[C@@H](O)CC(=O)[C@@H]1/C=C/[C@@H](O)CCCCC. The Kier molecular flexibility index (Phi) is 30.5. The summed E-state index contributed by atoms with van der Waals surface area (Å²) in [6.45, 7) is 3.17. The first kappa shape index (κ1) is 51.3. The first-order chi connectivity index (χ1) is 27.0. The van der Waals surface area contributed by atoms with Crippen molar-refractivity contribution in [2.75, 3.05) is 26.4 Å². The first-order valence-electron chi connectivity index (χ1n) is 20.9. The Labute approximate surface area is 336 Å². The zero-order valence-electron chi connectivity index (χ0n) is 34.1. The molecule has 1 unspecified atom stereocenters. The van der Waals surface area contributed by atoms with Crippen LogP contribution in [0.2, 0.25) is 0 Å². The second-order valence-corrected chi connectivity index (χ2v) is 15.7. The number of carbonyl (C=O) groups excluding carboxylic acids is 3. The Hall–Kier alpha value is -2.70. The van der Waals surface area contributed by atoms with Crippen LogP contribution in [0.3, 0.4) is 0 Å². The van der Waals surface area contributed by atoms with Gasteiger partial charge in [0.1, 0.15) is 12.4 Å². The number of aliphatic hydroxyl groups is 2. The lowest BCUT2D eigenvalue weighted by Gasteiger charge is -2.20. The fraction of sp³-hybridized carbons (Fsp3) is 0.698. The van der Waals surface area contributed by atoms with Crippen LogP contribution in [-0.2, 0) is 37.5 Å². The molecule has 56 heavy (non-hydrogen) atoms. The van der Waals surface area contributed by atoms with E-state index in [1.165, 1.54) is 0 Å². The summed E-state index contributed by atoms with van der Waals surface area (Å²) in [6.07, 6.45) is 31.6. The molecule has 0 aromatic heterocycles. The Morgan fingerprint density at radius 3 is 2.16 bits per heavy atom. The van der Waals surface area contributed by atoms with E-state index in [2.05, 4.69) is 62.5 Å². The van der Waals surface area contributed by atoms with Crippen LogP contribution < -0.4 is 5.73 Å². The van der Waals surface area contributed by atoms with Gasteiger partial charge < -0.3 is 30.3 Å². The average Bonchev–Trinajstić information content (AvgIpc) is 3.44. The number of hydrogen-bond donors (Lipinski definition) is 4. The van der Waals surface area contributed by atoms with Crippen LogP contribution in [-0.4, -0.2) is 77.5 Å². The molecule has 13 heteroatoms. The van der Waals surface area contributed by atoms with Crippen molar-refractivity contribution in [3.63, 3.8) is 0 Å². The van der Waals surface area contributed by atoms with Gasteiger partial charge in [-0.3, -0.25) is 23.4 Å². The molecule has 1 fully saturated rings. The topological polar surface area (TPSA) is 192 Å². The minimum atomic E-state index is -4.45. The quantitative estimate of drug-likeness (QED) is 0.0211. The maximum absolute atomic E-state index is 12.7. The standard InChI is InChI=1S/C43H72NO11P/c1-3-5-7-8-9-10-11-12-13-14-15-16-17-18-23-27-42(48)52-34-37(35-54-56(50,51)53-32-31-44)55-43(49)28-24-20-19-22-26-38-39(41(47)33-40(38)46)30-29-36(45)25-21-6-4-2/h5,7,9-10,12-13,15-16,29-30,36-40,45-46H,3-4,6,8,11,14,17-28,31-35,44H2,1-2H3,(H,50,51)/b7-5-,10-9-,13-12-,16-15-,30-29+/t36-,37+,38+,39+,40-/m0/s1. The Balaban J connectivity index is 2.44. The third-order valence-corrected chi connectivity index (χ3v) is 10.3. The molecule has 0 aliphatic heterocycles. The molecule has 0 heterocycles. The van der Waals surface area contributed by atoms with Crippen LogP contribution in [0.25, 0.3) is 0 Å². The van der Waals surface area contributed by atoms with Gasteiger partial charge in [0.2, 0.25) is 0 Å². The second-order valence-electron chi connectivity index (χ2n) is 14.3. The van der Waals surface area contributed by atoms with Crippen molar-refractivity contribution >= 4 is 25.5 Å². The summed E-state index contributed by atoms with van der Waals surface area (Å²) in [7, 11) is -4.45. The smallest absolute Gasteiger partial charge is 0.462 e. The number of ether oxygens (including phenoxy) is 2. The van der Waals surface area contributed by atoms with Crippen molar-refractivity contribution in [1.82, 2.24) is 0 Å². The molecule has 1 saturated carbocycles. The van der Waals surface area contributed by atoms with Crippen LogP contribution >= 0.6 is 7.82 Å². The van der Waals surface area contributed by atoms with Gasteiger partial charge >= 0.3 is 19.8 Å². The predicted molar refractivity (Wildman–Crippen MR) is 220 cm³/mol. The molecule has 320 valence electrons. The number of nitrogens with two attached hydrogens (primary N) is 1. The third-order valence-electron chi connectivity index (χ3n) is 9.29. The van der Waals surface area contributed by atoms with Gasteiger partial charge in [-0.25, -0.2) is 4.57 Å². The molecule has 0 bridgehead atoms. The fourth-order valence-electron chi connectivity index (χ4n) is 6.18. The number of unbranched alkanes of at least 4 members (excludes halogenated alkanes) is 7. The van der Waals surface area contributed by atoms with E-state index in [4.69, 9.17) is 24.3 Å². The lowest BCUT2D eigenvalue weighted by Crippen LogP contribution is -2.29. The van der Waals surface area contributed by atoms with Crippen LogP contribution in [0.15, 0.2) is 60.8 Å². The molecular formula is C43H72NO11P. The van der Waals surface area contributed by atoms with E-state index in [-0.39, 0.29) is 50.7 Å². The normalized spacial score (nSPS) is 19.9. The summed E-state index contributed by atoms with van der Waals surface area (Å²) in [5, 5.41) is 20.7. The van der Waals surface area contributed by atoms with Crippen molar-refractivity contribution in [2.24, 2.45) is 17.6 Å². The molecule has 1 rings (SSSR count). The maximum Gasteiger partial charge on any atom is 0.472 e. The minimum absolute atomic E-state index is 0.00649. The zero-order chi connectivity index (χ0) is 41.3. The lowest BCUT2D eigenvalue weighted by atomic mass is 9.88. The average molecular weight is 810 g/mol. The van der Waals surface area contributed by atoms with Gasteiger partial charge in [-0.05, 0) is 70.1 Å². The zero-order valence-corrected chi connectivity index (χ0v) is 35.0. The van der Waals surface area contributed by atoms with E-state index < -0.39 is 50.6 Å². The monoisotopic (exact) mass is 809 g/mol. The van der Waals surface area contributed by atoms with Crippen molar-refractivity contribution in [3.8, 4) is 0 Å². The highest BCUT2D eigenvalue weighted by atomic mass is 31.2. The number of rotatable bonds is 34. The van der Waals surface area contributed by atoms with E-state index in [0.717, 1.165) is 70.6 Å². The van der Waals surface area contributed by atoms with Gasteiger partial charge in [-0.1, -0.05) is 113 Å². The van der Waals surface area contributed by atoms with Crippen molar-refractivity contribution in [3.05, 3.63) is 60.8 Å². The van der Waals surface area contributed by atoms with Crippen molar-refractivity contribution in [2.45, 2.75) is 154 Å². The first-order valence-corrected chi connectivity index (χ1v) is 22.4. The molecule has 12 nitrogen and oxygen atoms in total. The molecule has 0 saturated heterocycles. The fourth-order valence-corrected chi connectivity index (χ4v) is 6.94. The number of esters is 2. The van der Waals surface area contributed by atoms with Crippen molar-refractivity contribution < 1.29 is 52.6 Å². The third kappa shape index (κ3) is 27.0. The summed E-state index contributed by atoms with van der Waals surface area (Å²) < 4.78 is 32.7. The van der Waals surface area contributed by atoms with Crippen LogP contribution in [0, 0.1) is 11.8 Å². The summed E-state index contributed by atoms with van der Waals surface area (Å²) in [5.74, 6) is -1.65. The highest BCUT2D eigenvalue weighted by molar-refractivity contribution is 7.47. The van der Waals surface area contributed by atoms with Gasteiger partial charge in [-0.2, -0.15) is 0 Å². The van der Waals surface area contributed by atoms with Crippen molar-refractivity contribution in [1.29, 1.82) is 0 Å². The van der Waals surface area contributed by atoms with Gasteiger partial charge in [0, 0.05) is 31.7 Å². The Morgan fingerprint density at radius 1 is 0.839 bits per heavy atom. The summed E-state index contributed by atoms with van der Waals surface area (Å²) >= 11 is 0. The summed E-state index contributed by atoms with van der Waals surface area (Å²) in [6, 6.07) is 0. The number of carbonyl (C=O) groups is 3. The van der Waals surface area contributed by atoms with E-state index in [9.17, 15) is 34.1 Å². The molecule has 1 aliphatic carbocycles. The number of aliphatic hydroxyl groups excluding tert-OH is 2. The molecule has 0 amide bonds. The maximum atomic E-state index is 12.7. The number of allylic oxidation sites excluding steroid dienone is 9. The number of ketones is 1. The molecule has 0 aromatic carbocycles. The number of hydrogen-bond acceptors (Lipinski definition) is 11. The Bertz CT molecular complexity index is 1260. The van der Waals surface area contributed by atoms with E-state index in [1.54, 1.807) is 12.2 Å². The van der Waals surface area contributed by atoms with Gasteiger partial charge in [0.25, 0.3) is 0 Å². The number of Topliss-reactive ketones (excluding diaryl/α,β-unsaturated/α-hetero) is 1. The number of phosphoric acid groups is 1. The van der Waals surface area contributed by atoms with Gasteiger partial charge in [-0.15, -0.1) is 0 Å². The van der Waals surface area contributed by atoms with Gasteiger partial charge in [0.15, 0.2) is 6.10 Å². The van der Waals surface area contributed by atoms with Crippen LogP contribution in [0.5, 0.6) is 0 Å². The predicted octanol–water partition coefficient (Wildman–Crippen LogP) is 8.30. The summed E-state index contributed by atoms with van der Waals surface area (Å²) in [4.78, 5) is 47.5. The highest BCUT2D eigenvalue weighted by Gasteiger charge is 2.39. The Morgan fingerprint density at radius 2 is 1.48 bits per heavy atom. The second kappa shape index (κ2) is 33.3. The van der Waals surface area contributed by atoms with Gasteiger partial charge in [0.05, 0.1) is 25.4 Å². The molecule has 0 spiro atoms. The molecule has 6 atom stereocenters. The minimum Gasteiger partial charge on any atom is -0.462 e. The lowest BCUT2D eigenvalue weighted by molar-refractivity contribution is -0.161. The summed E-state index contributed by atoms with van der Waals surface area (Å²) in [5.41, 5.74) is 5.33. The largest absolute Gasteiger partial charge is 0.472 e. The number of phosphoric ester groups is 1. The molecular weight excluding hydrogens is 737 g/mol. The molecule has 5 N–H and O–H groups in total. The van der Waals surface area contributed by atoms with Crippen LogP contribution in [0.4, 0.5) is 0 Å². The van der Waals surface area contributed by atoms with E-state index >= 15 is 0 Å².